The highest BCUT2D eigenvalue weighted by atomic mass is 32.2. The minimum Gasteiger partial charge on any atom is -0.382 e. The number of rotatable bonds is 4. The Morgan fingerprint density at radius 2 is 1.89 bits per heavy atom. The molecule has 19 heavy (non-hydrogen) atoms. The predicted molar refractivity (Wildman–Crippen MR) is 79.4 cm³/mol. The van der Waals surface area contributed by atoms with Gasteiger partial charge in [-0.2, -0.15) is 0 Å². The molecule has 1 aromatic carbocycles. The summed E-state index contributed by atoms with van der Waals surface area (Å²) in [6.45, 7) is 4.04. The molecule has 2 rings (SSSR count). The number of thioether (sulfide) groups is 1. The van der Waals surface area contributed by atoms with E-state index in [1.54, 1.807) is 30.3 Å². The van der Waals surface area contributed by atoms with Crippen molar-refractivity contribution in [3.63, 3.8) is 0 Å². The second-order valence-corrected chi connectivity index (χ2v) is 9.10. The Morgan fingerprint density at radius 1 is 1.26 bits per heavy atom. The number of nitrogens with zero attached hydrogens (tertiary/aromatic N) is 1. The maximum atomic E-state index is 12.4. The Morgan fingerprint density at radius 3 is 2.47 bits per heavy atom. The van der Waals surface area contributed by atoms with Gasteiger partial charge < -0.3 is 5.73 Å². The van der Waals surface area contributed by atoms with Crippen molar-refractivity contribution in [1.82, 2.24) is 4.98 Å². The summed E-state index contributed by atoms with van der Waals surface area (Å²) in [5.41, 5.74) is 5.75. The van der Waals surface area contributed by atoms with Gasteiger partial charge in [-0.05, 0) is 12.1 Å². The lowest BCUT2D eigenvalue weighted by Gasteiger charge is -2.01. The molecule has 0 aliphatic rings. The van der Waals surface area contributed by atoms with E-state index in [1.807, 2.05) is 13.8 Å². The van der Waals surface area contributed by atoms with Gasteiger partial charge >= 0.3 is 0 Å². The third kappa shape index (κ3) is 3.10. The molecule has 2 aromatic rings. The maximum absolute atomic E-state index is 12.4. The Bertz CT molecular complexity index is 664. The Labute approximate surface area is 121 Å². The van der Waals surface area contributed by atoms with Crippen molar-refractivity contribution in [3.05, 3.63) is 30.3 Å². The van der Waals surface area contributed by atoms with Crippen molar-refractivity contribution in [2.24, 2.45) is 0 Å². The number of hydrogen-bond acceptors (Lipinski definition) is 6. The van der Waals surface area contributed by atoms with Crippen LogP contribution in [0.1, 0.15) is 13.8 Å². The van der Waals surface area contributed by atoms with Crippen LogP contribution in [0.15, 0.2) is 43.8 Å². The average molecular weight is 314 g/mol. The van der Waals surface area contributed by atoms with Crippen LogP contribution in [-0.2, 0) is 9.84 Å². The van der Waals surface area contributed by atoms with Crippen LogP contribution in [0.5, 0.6) is 0 Å². The first kappa shape index (κ1) is 14.4. The van der Waals surface area contributed by atoms with E-state index in [2.05, 4.69) is 4.98 Å². The van der Waals surface area contributed by atoms with Crippen molar-refractivity contribution < 1.29 is 8.42 Å². The smallest absolute Gasteiger partial charge is 0.219 e. The van der Waals surface area contributed by atoms with Gasteiger partial charge in [-0.25, -0.2) is 13.4 Å². The molecule has 0 radical (unpaired) electrons. The summed E-state index contributed by atoms with van der Waals surface area (Å²) in [5.74, 6) is 0.0806. The molecule has 7 heteroatoms. The van der Waals surface area contributed by atoms with Crippen LogP contribution >= 0.6 is 23.1 Å². The van der Waals surface area contributed by atoms with E-state index in [0.717, 1.165) is 11.3 Å². The standard InChI is InChI=1S/C12H14N2O2S3/c1-8(2)17-12-14-10(13)11(18-12)19(15,16)9-6-4-3-5-7-9/h3-8H,13H2,1-2H3. The van der Waals surface area contributed by atoms with Crippen LogP contribution in [0.25, 0.3) is 0 Å². The van der Waals surface area contributed by atoms with E-state index < -0.39 is 9.84 Å². The van der Waals surface area contributed by atoms with Crippen LogP contribution in [0.4, 0.5) is 5.82 Å². The molecule has 4 nitrogen and oxygen atoms in total. The zero-order valence-electron chi connectivity index (χ0n) is 10.5. The number of benzene rings is 1. The third-order valence-electron chi connectivity index (χ3n) is 2.23. The molecular weight excluding hydrogens is 300 g/mol. The van der Waals surface area contributed by atoms with E-state index in [-0.39, 0.29) is 14.9 Å². The van der Waals surface area contributed by atoms with Gasteiger partial charge in [-0.3, -0.25) is 0 Å². The highest BCUT2D eigenvalue weighted by molar-refractivity contribution is 8.02. The number of anilines is 1. The number of hydrogen-bond donors (Lipinski definition) is 1. The topological polar surface area (TPSA) is 73.0 Å². The van der Waals surface area contributed by atoms with Crippen LogP contribution in [0.3, 0.4) is 0 Å². The summed E-state index contributed by atoms with van der Waals surface area (Å²) >= 11 is 2.64. The van der Waals surface area contributed by atoms with Gasteiger partial charge in [0.2, 0.25) is 9.84 Å². The lowest BCUT2D eigenvalue weighted by atomic mass is 10.4. The van der Waals surface area contributed by atoms with Crippen molar-refractivity contribution >= 4 is 38.8 Å². The van der Waals surface area contributed by atoms with Crippen LogP contribution < -0.4 is 5.73 Å². The average Bonchev–Trinajstić information content (AvgIpc) is 2.71. The molecule has 0 saturated carbocycles. The minimum absolute atomic E-state index is 0.0806. The first-order valence-electron chi connectivity index (χ1n) is 5.64. The number of sulfone groups is 1. The van der Waals surface area contributed by atoms with Gasteiger partial charge in [-0.15, -0.1) is 0 Å². The largest absolute Gasteiger partial charge is 0.382 e. The summed E-state index contributed by atoms with van der Waals surface area (Å²) in [6, 6.07) is 8.27. The van der Waals surface area contributed by atoms with Gasteiger partial charge in [0.25, 0.3) is 0 Å². The SMILES string of the molecule is CC(C)Sc1nc(N)c(S(=O)(=O)c2ccccc2)s1. The molecule has 0 bridgehead atoms. The minimum atomic E-state index is -3.57. The van der Waals surface area contributed by atoms with Gasteiger partial charge in [0.05, 0.1) is 4.90 Å². The zero-order chi connectivity index (χ0) is 14.0. The number of nitrogens with two attached hydrogens (primary N) is 1. The van der Waals surface area contributed by atoms with E-state index in [1.165, 1.54) is 11.8 Å². The molecule has 0 spiro atoms. The monoisotopic (exact) mass is 314 g/mol. The van der Waals surface area contributed by atoms with Crippen LogP contribution in [0, 0.1) is 0 Å². The first-order chi connectivity index (χ1) is 8.91. The van der Waals surface area contributed by atoms with Crippen molar-refractivity contribution in [2.75, 3.05) is 5.73 Å². The number of nitrogen functional groups attached to an aromatic ring is 1. The quantitative estimate of drug-likeness (QED) is 0.878. The van der Waals surface area contributed by atoms with E-state index in [4.69, 9.17) is 5.73 Å². The molecule has 1 aromatic heterocycles. The van der Waals surface area contributed by atoms with E-state index in [9.17, 15) is 8.42 Å². The lowest BCUT2D eigenvalue weighted by molar-refractivity contribution is 0.598. The van der Waals surface area contributed by atoms with Gasteiger partial charge in [0, 0.05) is 5.25 Å². The number of thiazole rings is 1. The first-order valence-corrected chi connectivity index (χ1v) is 8.82. The van der Waals surface area contributed by atoms with E-state index in [0.29, 0.717) is 9.59 Å². The fourth-order valence-corrected chi connectivity index (χ4v) is 5.65. The lowest BCUT2D eigenvalue weighted by Crippen LogP contribution is -2.02. The van der Waals surface area contributed by atoms with Gasteiger partial charge in [0.1, 0.15) is 0 Å². The van der Waals surface area contributed by atoms with Crippen molar-refractivity contribution in [3.8, 4) is 0 Å². The van der Waals surface area contributed by atoms with Gasteiger partial charge in [0.15, 0.2) is 14.4 Å². The molecule has 0 saturated heterocycles. The molecule has 0 unspecified atom stereocenters. The summed E-state index contributed by atoms with van der Waals surface area (Å²) in [5, 5.41) is 0.331. The Kier molecular flexibility index (Phi) is 4.17. The summed E-state index contributed by atoms with van der Waals surface area (Å²) < 4.78 is 25.7. The summed E-state index contributed by atoms with van der Waals surface area (Å²) in [4.78, 5) is 4.36. The van der Waals surface area contributed by atoms with Crippen molar-refractivity contribution in [2.45, 2.75) is 32.5 Å². The fourth-order valence-electron chi connectivity index (χ4n) is 1.45. The number of aromatic nitrogens is 1. The van der Waals surface area contributed by atoms with Crippen LogP contribution in [-0.4, -0.2) is 18.7 Å². The Balaban J connectivity index is 2.44. The Hall–Kier alpha value is -1.05. The molecular formula is C12H14N2O2S3. The molecule has 1 heterocycles. The highest BCUT2D eigenvalue weighted by Gasteiger charge is 2.25. The third-order valence-corrected chi connectivity index (χ3v) is 6.70. The van der Waals surface area contributed by atoms with Crippen LogP contribution in [0.2, 0.25) is 0 Å². The molecule has 2 N–H and O–H groups in total. The molecule has 0 atom stereocenters. The van der Waals surface area contributed by atoms with Crippen molar-refractivity contribution in [1.29, 1.82) is 0 Å². The molecule has 102 valence electrons. The second-order valence-electron chi connectivity index (χ2n) is 4.14. The zero-order valence-corrected chi connectivity index (χ0v) is 13.0. The maximum Gasteiger partial charge on any atom is 0.219 e. The second kappa shape index (κ2) is 5.52. The molecule has 0 aliphatic heterocycles. The molecule has 0 aliphatic carbocycles. The summed E-state index contributed by atoms with van der Waals surface area (Å²) in [7, 11) is -3.57. The van der Waals surface area contributed by atoms with E-state index >= 15 is 0 Å². The molecule has 0 fully saturated rings. The summed E-state index contributed by atoms with van der Waals surface area (Å²) in [6.07, 6.45) is 0. The fraction of sp³-hybridized carbons (Fsp3) is 0.250. The highest BCUT2D eigenvalue weighted by Crippen LogP contribution is 2.36. The normalized spacial score (nSPS) is 11.9. The predicted octanol–water partition coefficient (Wildman–Crippen LogP) is 3.06. The molecule has 0 amide bonds. The van der Waals surface area contributed by atoms with Gasteiger partial charge in [-0.1, -0.05) is 55.1 Å².